The molecule has 2 unspecified atom stereocenters. The zero-order valence-corrected chi connectivity index (χ0v) is 15.0. The van der Waals surface area contributed by atoms with E-state index in [1.807, 2.05) is 44.3 Å². The summed E-state index contributed by atoms with van der Waals surface area (Å²) in [5.41, 5.74) is 1.16. The fraction of sp³-hybridized carbons (Fsp3) is 0.533. The maximum atomic E-state index is 12.8. The normalized spacial score (nSPS) is 25.7. The molecule has 0 aromatic heterocycles. The van der Waals surface area contributed by atoms with E-state index in [1.165, 1.54) is 0 Å². The number of hydrogen-bond acceptors (Lipinski definition) is 4. The Labute approximate surface area is 127 Å². The van der Waals surface area contributed by atoms with E-state index in [-0.39, 0.29) is 10.9 Å². The minimum Gasteiger partial charge on any atom is -0.300 e. The molecule has 1 fully saturated rings. The molecule has 0 saturated heterocycles. The van der Waals surface area contributed by atoms with Crippen molar-refractivity contribution in [2.45, 2.75) is 44.5 Å². The lowest BCUT2D eigenvalue weighted by Crippen LogP contribution is -2.41. The van der Waals surface area contributed by atoms with Gasteiger partial charge in [-0.1, -0.05) is 42.9 Å². The molecule has 0 heterocycles. The molecule has 0 N–H and O–H groups in total. The van der Waals surface area contributed by atoms with E-state index < -0.39 is 23.8 Å². The zero-order chi connectivity index (χ0) is 16.1. The molecular weight excluding hydrogens is 304 g/mol. The molecule has 0 aliphatic heterocycles. The summed E-state index contributed by atoms with van der Waals surface area (Å²) in [7, 11) is -5.79. The Morgan fingerprint density at radius 1 is 1.29 bits per heavy atom. The van der Waals surface area contributed by atoms with E-state index in [9.17, 15) is 13.2 Å². The van der Waals surface area contributed by atoms with Gasteiger partial charge >= 0.3 is 0 Å². The predicted octanol–water partition coefficient (Wildman–Crippen LogP) is 2.93. The van der Waals surface area contributed by atoms with Crippen molar-refractivity contribution in [2.24, 2.45) is 0 Å². The van der Waals surface area contributed by atoms with Gasteiger partial charge in [-0.2, -0.15) is 8.42 Å². The average molecular weight is 326 g/mol. The number of carbonyl (C=O) groups excluding carboxylic acids is 1. The SMILES string of the molecule is Cc1ccc(C(=O)[Si](C)(C)C2CC2(C)OS(C)(=O)=O)cc1. The molecule has 4 nitrogen and oxygen atoms in total. The van der Waals surface area contributed by atoms with Crippen LogP contribution in [0.2, 0.25) is 18.6 Å². The summed E-state index contributed by atoms with van der Waals surface area (Å²) in [5, 5.41) is 0.160. The van der Waals surface area contributed by atoms with Crippen LogP contribution in [0.25, 0.3) is 0 Å². The number of rotatable bonds is 5. The van der Waals surface area contributed by atoms with Crippen LogP contribution >= 0.6 is 0 Å². The molecule has 0 bridgehead atoms. The first kappa shape index (κ1) is 16.4. The lowest BCUT2D eigenvalue weighted by molar-refractivity contribution is 0.106. The molecule has 6 heteroatoms. The van der Waals surface area contributed by atoms with Crippen molar-refractivity contribution in [3.63, 3.8) is 0 Å². The first-order valence-corrected chi connectivity index (χ1v) is 11.9. The van der Waals surface area contributed by atoms with Crippen LogP contribution in [0.4, 0.5) is 0 Å². The van der Waals surface area contributed by atoms with Crippen LogP contribution in [0.1, 0.15) is 29.3 Å². The molecule has 1 saturated carbocycles. The van der Waals surface area contributed by atoms with E-state index in [1.54, 1.807) is 6.92 Å². The van der Waals surface area contributed by atoms with Crippen LogP contribution in [-0.2, 0) is 14.3 Å². The monoisotopic (exact) mass is 326 g/mol. The van der Waals surface area contributed by atoms with E-state index in [0.717, 1.165) is 11.8 Å². The van der Waals surface area contributed by atoms with E-state index >= 15 is 0 Å². The number of hydrogen-bond donors (Lipinski definition) is 0. The maximum absolute atomic E-state index is 12.8. The summed E-state index contributed by atoms with van der Waals surface area (Å²) in [6.07, 6.45) is 1.70. The summed E-state index contributed by atoms with van der Waals surface area (Å²) in [4.78, 5) is 12.8. The second kappa shape index (κ2) is 5.03. The maximum Gasteiger partial charge on any atom is 0.264 e. The lowest BCUT2D eigenvalue weighted by Gasteiger charge is -2.23. The quantitative estimate of drug-likeness (QED) is 0.616. The molecule has 116 valence electrons. The van der Waals surface area contributed by atoms with Gasteiger partial charge in [-0.3, -0.25) is 4.18 Å². The van der Waals surface area contributed by atoms with Crippen LogP contribution in [0.15, 0.2) is 24.3 Å². The van der Waals surface area contributed by atoms with E-state index in [4.69, 9.17) is 4.18 Å². The Bertz CT molecular complexity index is 663. The molecule has 1 aliphatic rings. The summed E-state index contributed by atoms with van der Waals surface area (Å²) < 4.78 is 27.9. The fourth-order valence-electron chi connectivity index (χ4n) is 3.04. The molecule has 0 amide bonds. The molecule has 1 aromatic rings. The van der Waals surface area contributed by atoms with Crippen LogP contribution < -0.4 is 0 Å². The highest BCUT2D eigenvalue weighted by molar-refractivity contribution is 7.86. The zero-order valence-electron chi connectivity index (χ0n) is 13.1. The topological polar surface area (TPSA) is 60.4 Å². The molecular formula is C15H22O4SSi. The fourth-order valence-corrected chi connectivity index (χ4v) is 7.73. The predicted molar refractivity (Wildman–Crippen MR) is 85.7 cm³/mol. The smallest absolute Gasteiger partial charge is 0.264 e. The van der Waals surface area contributed by atoms with Gasteiger partial charge in [0, 0.05) is 5.56 Å². The summed E-state index contributed by atoms with van der Waals surface area (Å²) in [5.74, 6) is 0. The third-order valence-corrected chi connectivity index (χ3v) is 9.00. The molecule has 1 aromatic carbocycles. The Morgan fingerprint density at radius 3 is 2.29 bits per heavy atom. The Balaban J connectivity index is 2.20. The van der Waals surface area contributed by atoms with Gasteiger partial charge in [-0.05, 0) is 25.8 Å². The lowest BCUT2D eigenvalue weighted by atomic mass is 10.2. The van der Waals surface area contributed by atoms with Crippen molar-refractivity contribution in [3.05, 3.63) is 35.4 Å². The Morgan fingerprint density at radius 2 is 1.81 bits per heavy atom. The second-order valence-corrected chi connectivity index (χ2v) is 12.9. The standard InChI is InChI=1S/C15H22O4SSi/c1-11-6-8-12(9-7-11)14(16)21(4,5)13-10-15(13,2)19-20(3,17)18/h6-9,13H,10H2,1-5H3. The van der Waals surface area contributed by atoms with Gasteiger partial charge in [0.15, 0.2) is 0 Å². The highest BCUT2D eigenvalue weighted by atomic mass is 32.2. The van der Waals surface area contributed by atoms with Crippen LogP contribution in [0.5, 0.6) is 0 Å². The average Bonchev–Trinajstić information content (AvgIpc) is 2.99. The largest absolute Gasteiger partial charge is 0.300 e. The Hall–Kier alpha value is -0.983. The van der Waals surface area contributed by atoms with Gasteiger partial charge in [0.2, 0.25) is 0 Å². The molecule has 0 radical (unpaired) electrons. The van der Waals surface area contributed by atoms with Crippen molar-refractivity contribution in [3.8, 4) is 0 Å². The van der Waals surface area contributed by atoms with Crippen molar-refractivity contribution < 1.29 is 17.4 Å². The van der Waals surface area contributed by atoms with Gasteiger partial charge in [0.05, 0.1) is 11.9 Å². The Kier molecular flexibility index (Phi) is 3.93. The third kappa shape index (κ3) is 3.44. The molecule has 0 spiro atoms. The van der Waals surface area contributed by atoms with Crippen LogP contribution in [0, 0.1) is 6.92 Å². The van der Waals surface area contributed by atoms with Crippen molar-refractivity contribution in [1.29, 1.82) is 0 Å². The van der Waals surface area contributed by atoms with Gasteiger partial charge in [-0.25, -0.2) is 0 Å². The molecule has 21 heavy (non-hydrogen) atoms. The summed E-state index contributed by atoms with van der Waals surface area (Å²) in [6.45, 7) is 7.76. The summed E-state index contributed by atoms with van der Waals surface area (Å²) >= 11 is 0. The van der Waals surface area contributed by atoms with Gasteiger partial charge in [0.25, 0.3) is 10.1 Å². The van der Waals surface area contributed by atoms with Crippen molar-refractivity contribution in [1.82, 2.24) is 0 Å². The third-order valence-electron chi connectivity index (χ3n) is 4.30. The molecule has 2 atom stereocenters. The minimum absolute atomic E-state index is 0.0357. The van der Waals surface area contributed by atoms with Crippen molar-refractivity contribution >= 4 is 23.6 Å². The number of aryl methyl sites for hydroxylation is 1. The first-order chi connectivity index (χ1) is 9.46. The van der Waals surface area contributed by atoms with Gasteiger partial charge < -0.3 is 4.79 Å². The van der Waals surface area contributed by atoms with Crippen LogP contribution in [0.3, 0.4) is 0 Å². The van der Waals surface area contributed by atoms with Crippen molar-refractivity contribution in [2.75, 3.05) is 6.26 Å². The first-order valence-electron chi connectivity index (χ1n) is 6.98. The highest BCUT2D eigenvalue weighted by Crippen LogP contribution is 2.58. The van der Waals surface area contributed by atoms with E-state index in [2.05, 4.69) is 0 Å². The highest BCUT2D eigenvalue weighted by Gasteiger charge is 2.63. The molecule has 1 aliphatic carbocycles. The van der Waals surface area contributed by atoms with E-state index in [0.29, 0.717) is 12.0 Å². The van der Waals surface area contributed by atoms with Crippen LogP contribution in [-0.4, -0.2) is 33.8 Å². The van der Waals surface area contributed by atoms with Gasteiger partial charge in [0.1, 0.15) is 13.5 Å². The number of benzene rings is 1. The number of carbonyl (C=O) groups is 1. The summed E-state index contributed by atoms with van der Waals surface area (Å²) in [6, 6.07) is 7.56. The second-order valence-electron chi connectivity index (χ2n) is 6.77. The minimum atomic E-state index is -3.50. The van der Waals surface area contributed by atoms with Gasteiger partial charge in [-0.15, -0.1) is 0 Å². The molecule has 2 rings (SSSR count).